The number of carbonyl (C=O) groups is 2. The fourth-order valence-corrected chi connectivity index (χ4v) is 3.43. The molecule has 1 amide bonds. The molecule has 1 aromatic heterocycles. The lowest BCUT2D eigenvalue weighted by atomic mass is 9.97. The van der Waals surface area contributed by atoms with Crippen LogP contribution >= 0.6 is 23.1 Å². The average Bonchev–Trinajstić information content (AvgIpc) is 2.81. The highest BCUT2D eigenvalue weighted by molar-refractivity contribution is 7.98. The fraction of sp³-hybridized carbons (Fsp3) is 0.538. The molecule has 4 nitrogen and oxygen atoms in total. The van der Waals surface area contributed by atoms with E-state index in [1.807, 2.05) is 31.5 Å². The van der Waals surface area contributed by atoms with E-state index in [0.29, 0.717) is 17.2 Å². The molecule has 0 aliphatic rings. The molecule has 0 radical (unpaired) electrons. The van der Waals surface area contributed by atoms with Gasteiger partial charge in [0.05, 0.1) is 5.92 Å². The highest BCUT2D eigenvalue weighted by atomic mass is 32.2. The standard InChI is InChI=1S/C13H19NO3S2/c1-8(2)6-9(13(16)17)7-14-12(15)11-10(18-3)4-5-19-11/h4-5,8-9H,6-7H2,1-3H3,(H,14,15)(H,16,17). The van der Waals surface area contributed by atoms with Gasteiger partial charge in [-0.15, -0.1) is 23.1 Å². The second-order valence-electron chi connectivity index (χ2n) is 4.69. The summed E-state index contributed by atoms with van der Waals surface area (Å²) in [7, 11) is 0. The third-order valence-corrected chi connectivity index (χ3v) is 4.49. The van der Waals surface area contributed by atoms with E-state index in [9.17, 15) is 9.59 Å². The van der Waals surface area contributed by atoms with Crippen molar-refractivity contribution in [2.45, 2.75) is 25.2 Å². The highest BCUT2D eigenvalue weighted by Gasteiger charge is 2.21. The van der Waals surface area contributed by atoms with Crippen molar-refractivity contribution in [2.75, 3.05) is 12.8 Å². The number of aliphatic carboxylic acids is 1. The Balaban J connectivity index is 2.59. The van der Waals surface area contributed by atoms with Crippen molar-refractivity contribution in [3.63, 3.8) is 0 Å². The number of carboxylic acids is 1. The minimum atomic E-state index is -0.856. The second-order valence-corrected chi connectivity index (χ2v) is 6.46. The van der Waals surface area contributed by atoms with Gasteiger partial charge in [0.1, 0.15) is 4.88 Å². The number of thiophene rings is 1. The molecule has 106 valence electrons. The predicted molar refractivity (Wildman–Crippen MR) is 79.0 cm³/mol. The number of thioether (sulfide) groups is 1. The Bertz CT molecular complexity index is 443. The van der Waals surface area contributed by atoms with Crippen LogP contribution in [0.5, 0.6) is 0 Å². The molecule has 0 saturated carbocycles. The van der Waals surface area contributed by atoms with E-state index in [1.54, 1.807) is 0 Å². The smallest absolute Gasteiger partial charge is 0.308 e. The monoisotopic (exact) mass is 301 g/mol. The first kappa shape index (κ1) is 16.0. The summed E-state index contributed by atoms with van der Waals surface area (Å²) in [6.07, 6.45) is 2.48. The van der Waals surface area contributed by atoms with E-state index in [2.05, 4.69) is 5.32 Å². The van der Waals surface area contributed by atoms with E-state index in [1.165, 1.54) is 23.1 Å². The number of nitrogens with one attached hydrogen (secondary N) is 1. The first-order chi connectivity index (χ1) is 8.95. The van der Waals surface area contributed by atoms with Crippen molar-refractivity contribution in [1.29, 1.82) is 0 Å². The van der Waals surface area contributed by atoms with Crippen molar-refractivity contribution >= 4 is 35.0 Å². The van der Waals surface area contributed by atoms with E-state index in [0.717, 1.165) is 4.90 Å². The van der Waals surface area contributed by atoms with Crippen LogP contribution in [0.1, 0.15) is 29.9 Å². The molecule has 0 spiro atoms. The molecule has 0 aliphatic heterocycles. The summed E-state index contributed by atoms with van der Waals surface area (Å²) in [5.41, 5.74) is 0. The minimum absolute atomic E-state index is 0.179. The molecule has 1 atom stereocenters. The molecule has 0 bridgehead atoms. The van der Waals surface area contributed by atoms with Crippen LogP contribution in [0.2, 0.25) is 0 Å². The summed E-state index contributed by atoms with van der Waals surface area (Å²) in [5, 5.41) is 13.7. The summed E-state index contributed by atoms with van der Waals surface area (Å²) < 4.78 is 0. The van der Waals surface area contributed by atoms with E-state index >= 15 is 0 Å². The van der Waals surface area contributed by atoms with Crippen LogP contribution < -0.4 is 5.32 Å². The van der Waals surface area contributed by atoms with Crippen LogP contribution in [0.15, 0.2) is 16.3 Å². The van der Waals surface area contributed by atoms with E-state index in [-0.39, 0.29) is 12.5 Å². The van der Waals surface area contributed by atoms with Gasteiger partial charge in [0.2, 0.25) is 0 Å². The first-order valence-corrected chi connectivity index (χ1v) is 8.18. The van der Waals surface area contributed by atoms with Gasteiger partial charge >= 0.3 is 5.97 Å². The number of hydrogen-bond acceptors (Lipinski definition) is 4. The molecule has 0 saturated heterocycles. The SMILES string of the molecule is CSc1ccsc1C(=O)NCC(CC(C)C)C(=O)O. The highest BCUT2D eigenvalue weighted by Crippen LogP contribution is 2.25. The van der Waals surface area contributed by atoms with Crippen molar-refractivity contribution in [1.82, 2.24) is 5.32 Å². The molecule has 19 heavy (non-hydrogen) atoms. The van der Waals surface area contributed by atoms with Crippen LogP contribution in [0.3, 0.4) is 0 Å². The molecule has 1 rings (SSSR count). The third kappa shape index (κ3) is 4.87. The molecular weight excluding hydrogens is 282 g/mol. The quantitative estimate of drug-likeness (QED) is 0.760. The fourth-order valence-electron chi connectivity index (χ4n) is 1.76. The zero-order valence-electron chi connectivity index (χ0n) is 11.3. The number of hydrogen-bond donors (Lipinski definition) is 2. The van der Waals surface area contributed by atoms with Gasteiger partial charge < -0.3 is 10.4 Å². The summed E-state index contributed by atoms with van der Waals surface area (Å²) >= 11 is 2.89. The maximum Gasteiger partial charge on any atom is 0.308 e. The van der Waals surface area contributed by atoms with Gasteiger partial charge in [-0.25, -0.2) is 0 Å². The van der Waals surface area contributed by atoms with E-state index < -0.39 is 11.9 Å². The maximum atomic E-state index is 12.0. The summed E-state index contributed by atoms with van der Waals surface area (Å²) in [6, 6.07) is 1.90. The Hall–Kier alpha value is -1.01. The minimum Gasteiger partial charge on any atom is -0.481 e. The Morgan fingerprint density at radius 2 is 2.16 bits per heavy atom. The lowest BCUT2D eigenvalue weighted by Gasteiger charge is -2.15. The normalized spacial score (nSPS) is 12.4. The maximum absolute atomic E-state index is 12.0. The molecular formula is C13H19NO3S2. The van der Waals surface area contributed by atoms with Gasteiger partial charge in [0.25, 0.3) is 5.91 Å². The molecule has 0 aliphatic carbocycles. The number of amides is 1. The zero-order chi connectivity index (χ0) is 14.4. The molecule has 1 heterocycles. The van der Waals surface area contributed by atoms with Crippen LogP contribution in [0.4, 0.5) is 0 Å². The van der Waals surface area contributed by atoms with Gasteiger partial charge in [-0.2, -0.15) is 0 Å². The number of rotatable bonds is 7. The van der Waals surface area contributed by atoms with Crippen molar-refractivity contribution in [3.05, 3.63) is 16.3 Å². The van der Waals surface area contributed by atoms with Crippen molar-refractivity contribution in [2.24, 2.45) is 11.8 Å². The van der Waals surface area contributed by atoms with Crippen LogP contribution in [0, 0.1) is 11.8 Å². The molecule has 2 N–H and O–H groups in total. The number of carboxylic acid groups (broad SMARTS) is 1. The van der Waals surface area contributed by atoms with Crippen molar-refractivity contribution < 1.29 is 14.7 Å². The topological polar surface area (TPSA) is 66.4 Å². The number of carbonyl (C=O) groups excluding carboxylic acids is 1. The molecule has 6 heteroatoms. The molecule has 1 unspecified atom stereocenters. The molecule has 0 aromatic carbocycles. The summed E-state index contributed by atoms with van der Waals surface area (Å²) in [6.45, 7) is 4.13. The third-order valence-electron chi connectivity index (χ3n) is 2.67. The average molecular weight is 301 g/mol. The first-order valence-electron chi connectivity index (χ1n) is 6.08. The largest absolute Gasteiger partial charge is 0.481 e. The Morgan fingerprint density at radius 1 is 1.47 bits per heavy atom. The van der Waals surface area contributed by atoms with Gasteiger partial charge in [0.15, 0.2) is 0 Å². The Labute approximate surface area is 121 Å². The molecule has 0 fully saturated rings. The zero-order valence-corrected chi connectivity index (χ0v) is 12.9. The second kappa shape index (κ2) is 7.55. The van der Waals surface area contributed by atoms with Gasteiger partial charge in [-0.05, 0) is 30.0 Å². The lowest BCUT2D eigenvalue weighted by molar-refractivity contribution is -0.142. The van der Waals surface area contributed by atoms with Crippen LogP contribution in [-0.4, -0.2) is 29.8 Å². The lowest BCUT2D eigenvalue weighted by Crippen LogP contribution is -2.33. The van der Waals surface area contributed by atoms with Gasteiger partial charge in [0, 0.05) is 11.4 Å². The Morgan fingerprint density at radius 3 is 2.68 bits per heavy atom. The van der Waals surface area contributed by atoms with Crippen LogP contribution in [0.25, 0.3) is 0 Å². The predicted octanol–water partition coefficient (Wildman–Crippen LogP) is 2.95. The van der Waals surface area contributed by atoms with Gasteiger partial charge in [-0.3, -0.25) is 9.59 Å². The molecule has 1 aromatic rings. The van der Waals surface area contributed by atoms with Gasteiger partial charge in [-0.1, -0.05) is 13.8 Å². The summed E-state index contributed by atoms with van der Waals surface area (Å²) in [5.74, 6) is -1.28. The Kier molecular flexibility index (Phi) is 6.37. The van der Waals surface area contributed by atoms with Crippen molar-refractivity contribution in [3.8, 4) is 0 Å². The van der Waals surface area contributed by atoms with Crippen LogP contribution in [-0.2, 0) is 4.79 Å². The van der Waals surface area contributed by atoms with E-state index in [4.69, 9.17) is 5.11 Å². The summed E-state index contributed by atoms with van der Waals surface area (Å²) in [4.78, 5) is 24.7.